The Morgan fingerprint density at radius 1 is 1.29 bits per heavy atom. The lowest BCUT2D eigenvalue weighted by atomic mass is 10.3. The number of sulfonamides is 1. The van der Waals surface area contributed by atoms with Crippen molar-refractivity contribution in [1.82, 2.24) is 4.98 Å². The number of aromatic nitrogens is 1. The van der Waals surface area contributed by atoms with Gasteiger partial charge in [0.25, 0.3) is 10.0 Å². The highest BCUT2D eigenvalue weighted by atomic mass is 32.2. The number of fused-ring (bicyclic) bond motifs is 1. The number of nitrogens with one attached hydrogen (secondary N) is 1. The maximum Gasteiger partial charge on any atom is 0.336 e. The zero-order valence-electron chi connectivity index (χ0n) is 10.3. The highest BCUT2D eigenvalue weighted by Gasteiger charge is 2.20. The summed E-state index contributed by atoms with van der Waals surface area (Å²) in [6, 6.07) is 8.42. The molecule has 9 heteroatoms. The SMILES string of the molecule is O=C(O)c1csc(S(=O)(=O)Nc2nc3ccccc3s2)c1. The molecule has 2 aromatic heterocycles. The fourth-order valence-electron chi connectivity index (χ4n) is 1.65. The lowest BCUT2D eigenvalue weighted by Crippen LogP contribution is -2.11. The molecule has 0 spiro atoms. The van der Waals surface area contributed by atoms with Crippen LogP contribution in [0.5, 0.6) is 0 Å². The van der Waals surface area contributed by atoms with Crippen LogP contribution in [0.15, 0.2) is 39.9 Å². The lowest BCUT2D eigenvalue weighted by Gasteiger charge is -2.01. The Hall–Kier alpha value is -1.97. The van der Waals surface area contributed by atoms with Gasteiger partial charge in [0.2, 0.25) is 0 Å². The molecule has 108 valence electrons. The molecular formula is C12H8N2O4S3. The van der Waals surface area contributed by atoms with Crippen molar-refractivity contribution >= 4 is 54.0 Å². The molecule has 0 amide bonds. The first kappa shape index (κ1) is 14.0. The van der Waals surface area contributed by atoms with E-state index >= 15 is 0 Å². The molecule has 3 rings (SSSR count). The molecule has 0 fully saturated rings. The summed E-state index contributed by atoms with van der Waals surface area (Å²) >= 11 is 2.08. The summed E-state index contributed by atoms with van der Waals surface area (Å²) in [6.45, 7) is 0. The van der Waals surface area contributed by atoms with Gasteiger partial charge in [-0.15, -0.1) is 11.3 Å². The zero-order valence-corrected chi connectivity index (χ0v) is 12.8. The molecular weight excluding hydrogens is 332 g/mol. The topological polar surface area (TPSA) is 96.4 Å². The third-order valence-electron chi connectivity index (χ3n) is 2.60. The van der Waals surface area contributed by atoms with E-state index in [0.29, 0.717) is 5.52 Å². The molecule has 0 radical (unpaired) electrons. The van der Waals surface area contributed by atoms with Crippen LogP contribution in [0.4, 0.5) is 5.13 Å². The molecule has 0 unspecified atom stereocenters. The Morgan fingerprint density at radius 3 is 2.71 bits per heavy atom. The Morgan fingerprint density at radius 2 is 2.05 bits per heavy atom. The van der Waals surface area contributed by atoms with Gasteiger partial charge < -0.3 is 5.11 Å². The first-order valence-electron chi connectivity index (χ1n) is 5.66. The zero-order chi connectivity index (χ0) is 15.0. The van der Waals surface area contributed by atoms with E-state index in [0.717, 1.165) is 22.1 Å². The number of thiophene rings is 1. The van der Waals surface area contributed by atoms with Crippen molar-refractivity contribution in [3.05, 3.63) is 41.3 Å². The summed E-state index contributed by atoms with van der Waals surface area (Å²) in [7, 11) is -3.82. The van der Waals surface area contributed by atoms with Gasteiger partial charge in [0.15, 0.2) is 5.13 Å². The van der Waals surface area contributed by atoms with Gasteiger partial charge in [-0.1, -0.05) is 23.5 Å². The van der Waals surface area contributed by atoms with Gasteiger partial charge in [-0.25, -0.2) is 18.2 Å². The van der Waals surface area contributed by atoms with Crippen molar-refractivity contribution < 1.29 is 18.3 Å². The number of carboxylic acid groups (broad SMARTS) is 1. The van der Waals surface area contributed by atoms with Crippen molar-refractivity contribution in [2.45, 2.75) is 4.21 Å². The monoisotopic (exact) mass is 340 g/mol. The molecule has 0 aliphatic carbocycles. The molecule has 6 nitrogen and oxygen atoms in total. The van der Waals surface area contributed by atoms with Gasteiger partial charge in [-0.05, 0) is 18.2 Å². The maximum absolute atomic E-state index is 12.2. The highest BCUT2D eigenvalue weighted by Crippen LogP contribution is 2.29. The fourth-order valence-corrected chi connectivity index (χ4v) is 4.90. The second-order valence-electron chi connectivity index (χ2n) is 4.05. The summed E-state index contributed by atoms with van der Waals surface area (Å²) in [5.74, 6) is -1.16. The van der Waals surface area contributed by atoms with E-state index in [1.165, 1.54) is 16.7 Å². The Labute approximate surface area is 127 Å². The Kier molecular flexibility index (Phi) is 3.40. The van der Waals surface area contributed by atoms with Crippen molar-refractivity contribution in [2.75, 3.05) is 4.72 Å². The third-order valence-corrected chi connectivity index (χ3v) is 6.46. The van der Waals surface area contributed by atoms with Crippen LogP contribution in [-0.2, 0) is 10.0 Å². The largest absolute Gasteiger partial charge is 0.478 e. The molecule has 0 atom stereocenters. The summed E-state index contributed by atoms with van der Waals surface area (Å²) in [5, 5.41) is 10.4. The molecule has 3 aromatic rings. The fraction of sp³-hybridized carbons (Fsp3) is 0. The van der Waals surface area contributed by atoms with Gasteiger partial charge in [-0.2, -0.15) is 0 Å². The van der Waals surface area contributed by atoms with Crippen molar-refractivity contribution in [3.8, 4) is 0 Å². The molecule has 2 N–H and O–H groups in total. The summed E-state index contributed by atoms with van der Waals surface area (Å²) in [6.07, 6.45) is 0. The van der Waals surface area contributed by atoms with Crippen LogP contribution >= 0.6 is 22.7 Å². The van der Waals surface area contributed by atoms with Gasteiger partial charge in [0.05, 0.1) is 15.8 Å². The van der Waals surface area contributed by atoms with Gasteiger partial charge in [-0.3, -0.25) is 4.72 Å². The van der Waals surface area contributed by atoms with Gasteiger partial charge in [0, 0.05) is 5.38 Å². The van der Waals surface area contributed by atoms with E-state index in [2.05, 4.69) is 9.71 Å². The Bertz CT molecular complexity index is 894. The maximum atomic E-state index is 12.2. The summed E-state index contributed by atoms with van der Waals surface area (Å²) in [4.78, 5) is 15.0. The number of para-hydroxylation sites is 1. The molecule has 1 aromatic carbocycles. The molecule has 21 heavy (non-hydrogen) atoms. The predicted octanol–water partition coefficient (Wildman–Crippen LogP) is 2.86. The second-order valence-corrected chi connectivity index (χ2v) is 7.90. The first-order valence-corrected chi connectivity index (χ1v) is 8.84. The number of nitrogens with zero attached hydrogens (tertiary/aromatic N) is 1. The second kappa shape index (κ2) is 5.10. The number of anilines is 1. The van der Waals surface area contributed by atoms with Crippen molar-refractivity contribution in [1.29, 1.82) is 0 Å². The number of aromatic carboxylic acids is 1. The standard InChI is InChI=1S/C12H8N2O4S3/c15-11(16)7-5-10(19-6-7)21(17,18)14-12-13-8-3-1-2-4-9(8)20-12/h1-6H,(H,13,14)(H,15,16). The smallest absolute Gasteiger partial charge is 0.336 e. The van der Waals surface area contributed by atoms with E-state index in [4.69, 9.17) is 5.11 Å². The number of thiazole rings is 1. The van der Waals surface area contributed by atoms with Gasteiger partial charge >= 0.3 is 5.97 Å². The van der Waals surface area contributed by atoms with E-state index < -0.39 is 16.0 Å². The number of benzene rings is 1. The lowest BCUT2D eigenvalue weighted by molar-refractivity contribution is 0.0697. The van der Waals surface area contributed by atoms with E-state index in [1.54, 1.807) is 6.07 Å². The van der Waals surface area contributed by atoms with E-state index in [1.807, 2.05) is 18.2 Å². The number of carbonyl (C=O) groups is 1. The third kappa shape index (κ3) is 2.75. The van der Waals surface area contributed by atoms with Crippen LogP contribution in [0.3, 0.4) is 0 Å². The minimum absolute atomic E-state index is 0.0512. The van der Waals surface area contributed by atoms with Crippen molar-refractivity contribution in [2.24, 2.45) is 0 Å². The van der Waals surface area contributed by atoms with Crippen LogP contribution in [0.25, 0.3) is 10.2 Å². The summed E-state index contributed by atoms with van der Waals surface area (Å²) < 4.78 is 27.6. The average molecular weight is 340 g/mol. The number of hydrogen-bond donors (Lipinski definition) is 2. The molecule has 2 heterocycles. The van der Waals surface area contributed by atoms with Crippen molar-refractivity contribution in [3.63, 3.8) is 0 Å². The van der Waals surface area contributed by atoms with Gasteiger partial charge in [0.1, 0.15) is 4.21 Å². The quantitative estimate of drug-likeness (QED) is 0.761. The number of carboxylic acids is 1. The van der Waals surface area contributed by atoms with Crippen LogP contribution in [0.1, 0.15) is 10.4 Å². The molecule has 0 saturated heterocycles. The van der Waals surface area contributed by atoms with E-state index in [-0.39, 0.29) is 14.9 Å². The van der Waals surface area contributed by atoms with Crippen LogP contribution < -0.4 is 4.72 Å². The Balaban J connectivity index is 1.93. The van der Waals surface area contributed by atoms with Crippen LogP contribution in [-0.4, -0.2) is 24.5 Å². The first-order chi connectivity index (χ1) is 9.95. The minimum atomic E-state index is -3.82. The summed E-state index contributed by atoms with van der Waals surface area (Å²) in [5.41, 5.74) is 0.655. The molecule has 0 saturated carbocycles. The van der Waals surface area contributed by atoms with Crippen LogP contribution in [0, 0.1) is 0 Å². The average Bonchev–Trinajstić information content (AvgIpc) is 3.04. The molecule has 0 aliphatic heterocycles. The molecule has 0 bridgehead atoms. The predicted molar refractivity (Wildman–Crippen MR) is 81.7 cm³/mol. The number of hydrogen-bond acceptors (Lipinski definition) is 6. The van der Waals surface area contributed by atoms with Crippen LogP contribution in [0.2, 0.25) is 0 Å². The number of rotatable bonds is 4. The highest BCUT2D eigenvalue weighted by molar-refractivity contribution is 7.94. The normalized spacial score (nSPS) is 11.6. The van der Waals surface area contributed by atoms with E-state index in [9.17, 15) is 13.2 Å². The molecule has 0 aliphatic rings. The minimum Gasteiger partial charge on any atom is -0.478 e.